The third-order valence-corrected chi connectivity index (χ3v) is 5.95. The Morgan fingerprint density at radius 1 is 1.16 bits per heavy atom. The van der Waals surface area contributed by atoms with Gasteiger partial charge in [0.1, 0.15) is 5.84 Å². The highest BCUT2D eigenvalue weighted by Crippen LogP contribution is 2.17. The van der Waals surface area contributed by atoms with Gasteiger partial charge in [0.2, 0.25) is 0 Å². The predicted octanol–water partition coefficient (Wildman–Crippen LogP) is 0.913. The second-order valence-electron chi connectivity index (χ2n) is 6.75. The van der Waals surface area contributed by atoms with Gasteiger partial charge in [-0.15, -0.1) is 4.40 Å². The molecule has 2 heterocycles. The molecular weight excluding hydrogens is 340 g/mol. The lowest BCUT2D eigenvalue weighted by molar-refractivity contribution is -0.117. The summed E-state index contributed by atoms with van der Waals surface area (Å²) in [4.78, 5) is 14.0. The molecule has 138 valence electrons. The van der Waals surface area contributed by atoms with Crippen molar-refractivity contribution < 1.29 is 13.2 Å². The number of nitrogens with zero attached hydrogens (tertiary/aromatic N) is 2. The highest BCUT2D eigenvalue weighted by Gasteiger charge is 2.24. The van der Waals surface area contributed by atoms with Gasteiger partial charge in [0, 0.05) is 31.9 Å². The van der Waals surface area contributed by atoms with Gasteiger partial charge in [-0.2, -0.15) is 0 Å². The lowest BCUT2D eigenvalue weighted by Gasteiger charge is -2.27. The molecule has 1 aliphatic carbocycles. The highest BCUT2D eigenvalue weighted by atomic mass is 32.2. The van der Waals surface area contributed by atoms with Gasteiger partial charge in [-0.1, -0.05) is 25.7 Å². The summed E-state index contributed by atoms with van der Waals surface area (Å²) in [6.07, 6.45) is 12.6. The van der Waals surface area contributed by atoms with Crippen LogP contribution in [0.3, 0.4) is 0 Å². The molecule has 7 nitrogen and oxygen atoms in total. The van der Waals surface area contributed by atoms with Gasteiger partial charge in [-0.05, 0) is 25.0 Å². The lowest BCUT2D eigenvalue weighted by atomic mass is 10.1. The Hall–Kier alpha value is -1.67. The summed E-state index contributed by atoms with van der Waals surface area (Å²) in [7, 11) is -3.36. The number of carbonyl (C=O) groups excluding carboxylic acids is 1. The first-order chi connectivity index (χ1) is 12.0. The van der Waals surface area contributed by atoms with Crippen molar-refractivity contribution in [3.63, 3.8) is 0 Å². The largest absolute Gasteiger partial charge is 0.351 e. The number of rotatable bonds is 5. The molecule has 2 aliphatic heterocycles. The van der Waals surface area contributed by atoms with Crippen LogP contribution in [0.5, 0.6) is 0 Å². The minimum absolute atomic E-state index is 0.0267. The topological polar surface area (TPSA) is 90.9 Å². The number of carbonyl (C=O) groups is 1. The SMILES string of the molecule is O=C(NCCNC1CCCCCC1)C1=CN2CCS(=O)(=O)N=C2C=C1. The maximum absolute atomic E-state index is 12.3. The number of amidine groups is 1. The van der Waals surface area contributed by atoms with Crippen molar-refractivity contribution in [3.8, 4) is 0 Å². The van der Waals surface area contributed by atoms with Gasteiger partial charge in [0.15, 0.2) is 0 Å². The third kappa shape index (κ3) is 5.15. The molecule has 3 aliphatic rings. The Bertz CT molecular complexity index is 689. The van der Waals surface area contributed by atoms with E-state index in [1.165, 1.54) is 38.5 Å². The molecule has 0 spiro atoms. The number of fused-ring (bicyclic) bond motifs is 1. The Labute approximate surface area is 149 Å². The van der Waals surface area contributed by atoms with Crippen LogP contribution in [-0.4, -0.2) is 56.5 Å². The van der Waals surface area contributed by atoms with E-state index in [0.717, 1.165) is 6.54 Å². The summed E-state index contributed by atoms with van der Waals surface area (Å²) in [5, 5.41) is 6.44. The molecule has 0 aromatic rings. The average molecular weight is 366 g/mol. The summed E-state index contributed by atoms with van der Waals surface area (Å²) in [5.74, 6) is 0.199. The molecule has 0 aromatic carbocycles. The molecule has 0 radical (unpaired) electrons. The quantitative estimate of drug-likeness (QED) is 0.558. The summed E-state index contributed by atoms with van der Waals surface area (Å²) in [5.41, 5.74) is 0.521. The van der Waals surface area contributed by atoms with Crippen LogP contribution >= 0.6 is 0 Å². The molecule has 8 heteroatoms. The minimum Gasteiger partial charge on any atom is -0.351 e. The maximum atomic E-state index is 12.3. The van der Waals surface area contributed by atoms with E-state index in [1.54, 1.807) is 23.3 Å². The van der Waals surface area contributed by atoms with E-state index >= 15 is 0 Å². The predicted molar refractivity (Wildman–Crippen MR) is 97.7 cm³/mol. The van der Waals surface area contributed by atoms with Gasteiger partial charge in [0.05, 0.1) is 11.3 Å². The Balaban J connectivity index is 1.45. The fourth-order valence-corrected chi connectivity index (χ4v) is 4.34. The van der Waals surface area contributed by atoms with Crippen molar-refractivity contribution in [1.82, 2.24) is 15.5 Å². The molecule has 25 heavy (non-hydrogen) atoms. The van der Waals surface area contributed by atoms with Gasteiger partial charge in [-0.3, -0.25) is 4.79 Å². The van der Waals surface area contributed by atoms with E-state index in [1.807, 2.05) is 0 Å². The Morgan fingerprint density at radius 3 is 2.68 bits per heavy atom. The zero-order chi connectivity index (χ0) is 17.7. The fraction of sp³-hybridized carbons (Fsp3) is 0.647. The molecule has 1 saturated carbocycles. The van der Waals surface area contributed by atoms with Gasteiger partial charge < -0.3 is 15.5 Å². The van der Waals surface area contributed by atoms with Crippen LogP contribution in [0.25, 0.3) is 0 Å². The van der Waals surface area contributed by atoms with Gasteiger partial charge >= 0.3 is 0 Å². The van der Waals surface area contributed by atoms with E-state index in [0.29, 0.717) is 30.5 Å². The lowest BCUT2D eigenvalue weighted by Crippen LogP contribution is -2.39. The molecule has 1 amide bonds. The van der Waals surface area contributed by atoms with E-state index in [9.17, 15) is 13.2 Å². The zero-order valence-corrected chi connectivity index (χ0v) is 15.2. The van der Waals surface area contributed by atoms with E-state index < -0.39 is 10.0 Å². The Morgan fingerprint density at radius 2 is 1.92 bits per heavy atom. The molecule has 3 rings (SSSR count). The first-order valence-electron chi connectivity index (χ1n) is 9.04. The summed E-state index contributed by atoms with van der Waals surface area (Å²) < 4.78 is 26.7. The summed E-state index contributed by atoms with van der Waals surface area (Å²) >= 11 is 0. The van der Waals surface area contributed by atoms with Crippen molar-refractivity contribution in [2.24, 2.45) is 4.40 Å². The van der Waals surface area contributed by atoms with Crippen LogP contribution in [0.4, 0.5) is 0 Å². The van der Waals surface area contributed by atoms with Crippen LogP contribution in [0.15, 0.2) is 28.3 Å². The third-order valence-electron chi connectivity index (χ3n) is 4.78. The second-order valence-corrected chi connectivity index (χ2v) is 8.50. The van der Waals surface area contributed by atoms with Gasteiger partial charge in [0.25, 0.3) is 15.9 Å². The zero-order valence-electron chi connectivity index (χ0n) is 14.4. The Kier molecular flexibility index (Phi) is 5.90. The normalized spacial score (nSPS) is 23.3. The molecule has 0 atom stereocenters. The smallest absolute Gasteiger partial charge is 0.256 e. The van der Waals surface area contributed by atoms with Crippen molar-refractivity contribution in [2.75, 3.05) is 25.4 Å². The van der Waals surface area contributed by atoms with Crippen molar-refractivity contribution in [2.45, 2.75) is 44.6 Å². The molecular formula is C17H26N4O3S. The number of amides is 1. The minimum atomic E-state index is -3.36. The first-order valence-corrected chi connectivity index (χ1v) is 10.7. The fourth-order valence-electron chi connectivity index (χ4n) is 3.37. The van der Waals surface area contributed by atoms with E-state index in [2.05, 4.69) is 15.0 Å². The summed E-state index contributed by atoms with van der Waals surface area (Å²) in [6.45, 7) is 1.67. The number of hydrogen-bond acceptors (Lipinski definition) is 5. The van der Waals surface area contributed by atoms with Crippen LogP contribution in [-0.2, 0) is 14.8 Å². The molecule has 1 fully saturated rings. The molecule has 0 unspecified atom stereocenters. The van der Waals surface area contributed by atoms with Crippen molar-refractivity contribution in [3.05, 3.63) is 23.9 Å². The number of sulfonamides is 1. The standard InChI is InChI=1S/C17H26N4O3S/c22-17(19-10-9-18-15-5-3-1-2-4-6-15)14-7-8-16-20-25(23,24)12-11-21(16)13-14/h7-8,13,15,18H,1-6,9-12H2,(H,19,22). The van der Waals surface area contributed by atoms with Crippen LogP contribution in [0, 0.1) is 0 Å². The number of nitrogens with one attached hydrogen (secondary N) is 2. The van der Waals surface area contributed by atoms with Crippen LogP contribution in [0.2, 0.25) is 0 Å². The van der Waals surface area contributed by atoms with E-state index in [4.69, 9.17) is 0 Å². The highest BCUT2D eigenvalue weighted by molar-refractivity contribution is 7.90. The number of hydrogen-bond donors (Lipinski definition) is 2. The monoisotopic (exact) mass is 366 g/mol. The second kappa shape index (κ2) is 8.14. The van der Waals surface area contributed by atoms with Gasteiger partial charge in [-0.25, -0.2) is 8.42 Å². The summed E-state index contributed by atoms with van der Waals surface area (Å²) in [6, 6.07) is 0.572. The first kappa shape index (κ1) is 18.1. The van der Waals surface area contributed by atoms with Crippen molar-refractivity contribution >= 4 is 21.8 Å². The van der Waals surface area contributed by atoms with E-state index in [-0.39, 0.29) is 11.7 Å². The average Bonchev–Trinajstić information content (AvgIpc) is 2.86. The van der Waals surface area contributed by atoms with Crippen LogP contribution < -0.4 is 10.6 Å². The molecule has 2 N–H and O–H groups in total. The maximum Gasteiger partial charge on any atom is 0.256 e. The van der Waals surface area contributed by atoms with Crippen LogP contribution in [0.1, 0.15) is 38.5 Å². The van der Waals surface area contributed by atoms with Crippen molar-refractivity contribution in [1.29, 1.82) is 0 Å². The molecule has 0 bridgehead atoms. The molecule has 0 saturated heterocycles. The molecule has 0 aromatic heterocycles.